The van der Waals surface area contributed by atoms with Gasteiger partial charge >= 0.3 is 0 Å². The summed E-state index contributed by atoms with van der Waals surface area (Å²) in [6.07, 6.45) is 1.90. The molecule has 0 atom stereocenters. The van der Waals surface area contributed by atoms with Gasteiger partial charge in [-0.1, -0.05) is 67.9 Å². The van der Waals surface area contributed by atoms with Crippen molar-refractivity contribution in [3.8, 4) is 22.4 Å². The lowest BCUT2D eigenvalue weighted by Gasteiger charge is -2.36. The van der Waals surface area contributed by atoms with Crippen molar-refractivity contribution in [3.05, 3.63) is 66.7 Å². The van der Waals surface area contributed by atoms with Gasteiger partial charge in [0.25, 0.3) is 0 Å². The molecule has 1 saturated heterocycles. The quantitative estimate of drug-likeness (QED) is 0.495. The molecule has 2 aromatic carbocycles. The second-order valence-corrected chi connectivity index (χ2v) is 8.88. The summed E-state index contributed by atoms with van der Waals surface area (Å²) in [5.41, 5.74) is 4.21. The highest BCUT2D eigenvalue weighted by Gasteiger charge is 2.24. The van der Waals surface area contributed by atoms with Crippen molar-refractivity contribution >= 4 is 17.6 Å². The maximum Gasteiger partial charge on any atom is 0.242 e. The molecule has 7 heteroatoms. The van der Waals surface area contributed by atoms with Crippen molar-refractivity contribution in [2.24, 2.45) is 0 Å². The van der Waals surface area contributed by atoms with Gasteiger partial charge in [-0.15, -0.1) is 10.2 Å². The van der Waals surface area contributed by atoms with Crippen LogP contribution in [0.5, 0.6) is 0 Å². The molecule has 1 aliphatic heterocycles. The maximum atomic E-state index is 12.7. The van der Waals surface area contributed by atoms with Crippen molar-refractivity contribution < 1.29 is 9.59 Å². The number of unbranched alkanes of at least 4 members (excludes halogenated alkanes) is 1. The van der Waals surface area contributed by atoms with Crippen molar-refractivity contribution in [1.29, 1.82) is 0 Å². The molecule has 7 nitrogen and oxygen atoms in total. The number of nitrogens with zero attached hydrogens (tertiary/aromatic N) is 5. The van der Waals surface area contributed by atoms with E-state index in [0.29, 0.717) is 32.7 Å². The van der Waals surface area contributed by atoms with E-state index in [4.69, 9.17) is 0 Å². The normalized spacial score (nSPS) is 13.5. The molecule has 0 saturated carbocycles. The molecule has 2 heterocycles. The van der Waals surface area contributed by atoms with Crippen molar-refractivity contribution in [2.45, 2.75) is 26.7 Å². The van der Waals surface area contributed by atoms with Gasteiger partial charge in [-0.25, -0.2) is 0 Å². The van der Waals surface area contributed by atoms with E-state index in [0.717, 1.165) is 29.9 Å². The highest BCUT2D eigenvalue weighted by molar-refractivity contribution is 5.84. The predicted octanol–water partition coefficient (Wildman–Crippen LogP) is 4.11. The van der Waals surface area contributed by atoms with Gasteiger partial charge in [-0.2, -0.15) is 0 Å². The molecule has 35 heavy (non-hydrogen) atoms. The molecule has 1 aromatic heterocycles. The Labute approximate surface area is 207 Å². The summed E-state index contributed by atoms with van der Waals surface area (Å²) < 4.78 is 0. The van der Waals surface area contributed by atoms with Crippen LogP contribution in [0.15, 0.2) is 66.7 Å². The van der Waals surface area contributed by atoms with Gasteiger partial charge in [0, 0.05) is 45.2 Å². The molecule has 3 aromatic rings. The molecule has 2 amide bonds. The van der Waals surface area contributed by atoms with Crippen LogP contribution in [0.25, 0.3) is 22.4 Å². The Balaban J connectivity index is 1.32. The van der Waals surface area contributed by atoms with E-state index in [1.165, 1.54) is 18.1 Å². The zero-order valence-electron chi connectivity index (χ0n) is 20.6. The third-order valence-electron chi connectivity index (χ3n) is 6.45. The number of amides is 2. The topological polar surface area (TPSA) is 69.6 Å². The average molecular weight is 472 g/mol. The largest absolute Gasteiger partial charge is 0.352 e. The van der Waals surface area contributed by atoms with Crippen LogP contribution in [0.4, 0.5) is 5.82 Å². The highest BCUT2D eigenvalue weighted by atomic mass is 16.2. The number of aromatic nitrogens is 2. The Morgan fingerprint density at radius 1 is 0.829 bits per heavy atom. The third-order valence-corrected chi connectivity index (χ3v) is 6.45. The van der Waals surface area contributed by atoms with E-state index in [-0.39, 0.29) is 18.4 Å². The number of benzene rings is 2. The second kappa shape index (κ2) is 11.6. The van der Waals surface area contributed by atoms with Gasteiger partial charge < -0.3 is 14.7 Å². The molecule has 0 bridgehead atoms. The van der Waals surface area contributed by atoms with Gasteiger partial charge in [0.2, 0.25) is 11.8 Å². The number of piperazine rings is 1. The van der Waals surface area contributed by atoms with Gasteiger partial charge in [0.1, 0.15) is 0 Å². The van der Waals surface area contributed by atoms with Gasteiger partial charge in [0.15, 0.2) is 5.82 Å². The maximum absolute atomic E-state index is 12.7. The molecule has 4 rings (SSSR count). The van der Waals surface area contributed by atoms with Crippen LogP contribution in [0.2, 0.25) is 0 Å². The zero-order valence-corrected chi connectivity index (χ0v) is 20.6. The van der Waals surface area contributed by atoms with E-state index < -0.39 is 0 Å². The number of carbonyl (C=O) groups is 2. The van der Waals surface area contributed by atoms with Crippen LogP contribution in [-0.2, 0) is 9.59 Å². The molecule has 0 spiro atoms. The first-order valence-electron chi connectivity index (χ1n) is 12.3. The Bertz CT molecular complexity index is 1110. The molecule has 1 aliphatic rings. The highest BCUT2D eigenvalue weighted by Crippen LogP contribution is 2.24. The van der Waals surface area contributed by atoms with Crippen LogP contribution in [-0.4, -0.2) is 71.1 Å². The van der Waals surface area contributed by atoms with Gasteiger partial charge in [-0.3, -0.25) is 9.59 Å². The smallest absolute Gasteiger partial charge is 0.242 e. The lowest BCUT2D eigenvalue weighted by molar-refractivity contribution is -0.139. The minimum atomic E-state index is -0.0458. The number of anilines is 1. The third kappa shape index (κ3) is 6.23. The van der Waals surface area contributed by atoms with Crippen LogP contribution in [0.3, 0.4) is 0 Å². The van der Waals surface area contributed by atoms with Crippen molar-refractivity contribution in [3.63, 3.8) is 0 Å². The Morgan fingerprint density at radius 2 is 1.49 bits per heavy atom. The average Bonchev–Trinajstić information content (AvgIpc) is 2.91. The Kier molecular flexibility index (Phi) is 8.08. The SMILES string of the molecule is CCCCN(CC(=O)N1CCN(c2ccc(-c3ccc(-c4ccccc4)cc3)nn2)CC1)C(C)=O. The lowest BCUT2D eigenvalue weighted by atomic mass is 10.0. The van der Waals surface area contributed by atoms with E-state index >= 15 is 0 Å². The minimum absolute atomic E-state index is 0.0105. The van der Waals surface area contributed by atoms with Gasteiger partial charge in [-0.05, 0) is 29.7 Å². The minimum Gasteiger partial charge on any atom is -0.352 e. The number of rotatable bonds is 8. The molecular weight excluding hydrogens is 438 g/mol. The molecule has 182 valence electrons. The first-order valence-corrected chi connectivity index (χ1v) is 12.3. The molecule has 0 aliphatic carbocycles. The van der Waals surface area contributed by atoms with E-state index in [1.54, 1.807) is 4.90 Å². The Hall–Kier alpha value is -3.74. The summed E-state index contributed by atoms with van der Waals surface area (Å²) in [5, 5.41) is 8.91. The monoisotopic (exact) mass is 471 g/mol. The lowest BCUT2D eigenvalue weighted by Crippen LogP contribution is -2.52. The summed E-state index contributed by atoms with van der Waals surface area (Å²) in [7, 11) is 0. The molecular formula is C28H33N5O2. The summed E-state index contributed by atoms with van der Waals surface area (Å²) in [6, 6.07) is 22.6. The zero-order chi connectivity index (χ0) is 24.6. The summed E-state index contributed by atoms with van der Waals surface area (Å²) in [4.78, 5) is 30.2. The Morgan fingerprint density at radius 3 is 2.09 bits per heavy atom. The number of hydrogen-bond donors (Lipinski definition) is 0. The van der Waals surface area contributed by atoms with Crippen LogP contribution in [0.1, 0.15) is 26.7 Å². The van der Waals surface area contributed by atoms with Crippen LogP contribution < -0.4 is 4.90 Å². The van der Waals surface area contributed by atoms with Crippen LogP contribution >= 0.6 is 0 Å². The fourth-order valence-corrected chi connectivity index (χ4v) is 4.26. The molecule has 0 radical (unpaired) electrons. The van der Waals surface area contributed by atoms with E-state index in [9.17, 15) is 9.59 Å². The predicted molar refractivity (Wildman–Crippen MR) is 139 cm³/mol. The van der Waals surface area contributed by atoms with E-state index in [2.05, 4.69) is 58.4 Å². The first kappa shape index (κ1) is 24.4. The number of carbonyl (C=O) groups excluding carboxylic acids is 2. The summed E-state index contributed by atoms with van der Waals surface area (Å²) in [5.74, 6) is 0.780. The second-order valence-electron chi connectivity index (χ2n) is 8.88. The first-order chi connectivity index (χ1) is 17.0. The van der Waals surface area contributed by atoms with Crippen molar-refractivity contribution in [2.75, 3.05) is 44.2 Å². The number of hydrogen-bond acceptors (Lipinski definition) is 5. The summed E-state index contributed by atoms with van der Waals surface area (Å²) >= 11 is 0. The fraction of sp³-hybridized carbons (Fsp3) is 0.357. The summed E-state index contributed by atoms with van der Waals surface area (Å²) in [6.45, 7) is 7.02. The van der Waals surface area contributed by atoms with Crippen LogP contribution in [0, 0.1) is 0 Å². The fourth-order valence-electron chi connectivity index (χ4n) is 4.26. The van der Waals surface area contributed by atoms with Crippen molar-refractivity contribution in [1.82, 2.24) is 20.0 Å². The molecule has 0 N–H and O–H groups in total. The van der Waals surface area contributed by atoms with Gasteiger partial charge in [0.05, 0.1) is 12.2 Å². The molecule has 0 unspecified atom stereocenters. The standard InChI is InChI=1S/C28H33N5O2/c1-3-4-16-33(22(2)34)21-28(35)32-19-17-31(18-20-32)27-15-14-26(29-30-27)25-12-10-24(11-13-25)23-8-6-5-7-9-23/h5-15H,3-4,16-21H2,1-2H3. The molecule has 1 fully saturated rings. The van der Waals surface area contributed by atoms with E-state index in [1.807, 2.05) is 35.2 Å².